The van der Waals surface area contributed by atoms with E-state index in [1.165, 1.54) is 28.6 Å². The minimum Gasteiger partial charge on any atom is -0.497 e. The highest BCUT2D eigenvalue weighted by molar-refractivity contribution is 7.89. The fraction of sp³-hybridized carbons (Fsp3) is 0.182. The first-order valence-corrected chi connectivity index (χ1v) is 11.0. The summed E-state index contributed by atoms with van der Waals surface area (Å²) in [7, 11) is -2.38. The van der Waals surface area contributed by atoms with Crippen molar-refractivity contribution >= 4 is 22.6 Å². The summed E-state index contributed by atoms with van der Waals surface area (Å²) in [5, 5.41) is 18.6. The van der Waals surface area contributed by atoms with Crippen molar-refractivity contribution in [3.63, 3.8) is 0 Å². The third-order valence-electron chi connectivity index (χ3n) is 4.85. The van der Waals surface area contributed by atoms with Gasteiger partial charge in [-0.05, 0) is 53.0 Å². The number of methoxy groups -OCH3 is 2. The molecule has 31 heavy (non-hydrogen) atoms. The van der Waals surface area contributed by atoms with Crippen LogP contribution in [0, 0.1) is 0 Å². The maximum Gasteiger partial charge on any atom is 0.488 e. The third-order valence-corrected chi connectivity index (χ3v) is 6.66. The molecule has 0 aliphatic rings. The van der Waals surface area contributed by atoms with Crippen LogP contribution in [0.15, 0.2) is 77.7 Å². The van der Waals surface area contributed by atoms with Crippen LogP contribution >= 0.6 is 0 Å². The standard InChI is InChI=1S/C22H24BNO6S.2H2/c1-29-20-9-3-17(4-10-20)15-24(16-18-5-11-21(30-2)12-6-18)31(27,28)22-13-7-19(8-14-22)23(25)26;;/h3-14,25-26H,15-16H2,1-2H3;2*1H. The van der Waals surface area contributed by atoms with Gasteiger partial charge in [0.15, 0.2) is 0 Å². The first kappa shape index (κ1) is 22.8. The minimum absolute atomic E-state index is 0. The molecule has 0 unspecified atom stereocenters. The normalized spacial score (nSPS) is 11.4. The summed E-state index contributed by atoms with van der Waals surface area (Å²) in [5.74, 6) is 1.37. The number of nitrogens with zero attached hydrogens (tertiary/aromatic N) is 1. The molecular formula is C22H28BNO6S. The SMILES string of the molecule is COc1ccc(CN(Cc2ccc(OC)cc2)S(=O)(=O)c2ccc(B(O)O)cc2)cc1.[HH].[HH]. The molecule has 0 fully saturated rings. The Hall–Kier alpha value is -2.85. The number of benzene rings is 3. The lowest BCUT2D eigenvalue weighted by molar-refractivity contribution is 0.397. The molecule has 2 N–H and O–H groups in total. The molecule has 0 atom stereocenters. The first-order chi connectivity index (χ1) is 14.8. The van der Waals surface area contributed by atoms with Gasteiger partial charge in [0.05, 0.1) is 19.1 Å². The number of hydrogen-bond donors (Lipinski definition) is 2. The molecule has 0 amide bonds. The van der Waals surface area contributed by atoms with Crippen LogP contribution in [0.3, 0.4) is 0 Å². The zero-order valence-corrected chi connectivity index (χ0v) is 18.1. The Morgan fingerprint density at radius 2 is 1.19 bits per heavy atom. The molecule has 3 aromatic rings. The number of rotatable bonds is 9. The Morgan fingerprint density at radius 3 is 1.55 bits per heavy atom. The number of hydrogen-bond acceptors (Lipinski definition) is 6. The van der Waals surface area contributed by atoms with Crippen molar-refractivity contribution in [3.8, 4) is 11.5 Å². The molecule has 7 nitrogen and oxygen atoms in total. The molecule has 0 saturated heterocycles. The van der Waals surface area contributed by atoms with Crippen LogP contribution in [0.4, 0.5) is 0 Å². The van der Waals surface area contributed by atoms with E-state index in [1.54, 1.807) is 38.5 Å². The quantitative estimate of drug-likeness (QED) is 0.491. The van der Waals surface area contributed by atoms with Crippen LogP contribution < -0.4 is 14.9 Å². The van der Waals surface area contributed by atoms with Gasteiger partial charge < -0.3 is 19.5 Å². The van der Waals surface area contributed by atoms with E-state index in [-0.39, 0.29) is 26.3 Å². The highest BCUT2D eigenvalue weighted by Gasteiger charge is 2.25. The summed E-state index contributed by atoms with van der Waals surface area (Å²) >= 11 is 0. The molecule has 0 bridgehead atoms. The zero-order chi connectivity index (χ0) is 22.4. The molecule has 0 aliphatic carbocycles. The second kappa shape index (κ2) is 9.97. The van der Waals surface area contributed by atoms with Gasteiger partial charge in [0.25, 0.3) is 0 Å². The Labute approximate surface area is 185 Å². The predicted molar refractivity (Wildman–Crippen MR) is 123 cm³/mol. The van der Waals surface area contributed by atoms with Crippen molar-refractivity contribution < 1.29 is 30.8 Å². The molecule has 0 saturated carbocycles. The maximum atomic E-state index is 13.4. The van der Waals surface area contributed by atoms with E-state index in [0.717, 1.165) is 11.1 Å². The van der Waals surface area contributed by atoms with Gasteiger partial charge in [-0.3, -0.25) is 0 Å². The third kappa shape index (κ3) is 5.65. The lowest BCUT2D eigenvalue weighted by Gasteiger charge is -2.23. The van der Waals surface area contributed by atoms with Crippen molar-refractivity contribution in [2.45, 2.75) is 18.0 Å². The van der Waals surface area contributed by atoms with E-state index in [2.05, 4.69) is 0 Å². The maximum absolute atomic E-state index is 13.4. The largest absolute Gasteiger partial charge is 0.497 e. The fourth-order valence-corrected chi connectivity index (χ4v) is 4.47. The fourth-order valence-electron chi connectivity index (χ4n) is 3.06. The van der Waals surface area contributed by atoms with Gasteiger partial charge in [0, 0.05) is 15.9 Å². The number of ether oxygens (including phenoxy) is 2. The number of sulfonamides is 1. The van der Waals surface area contributed by atoms with E-state index in [4.69, 9.17) is 9.47 Å². The molecule has 3 aromatic carbocycles. The van der Waals surface area contributed by atoms with E-state index in [9.17, 15) is 18.5 Å². The highest BCUT2D eigenvalue weighted by Crippen LogP contribution is 2.23. The molecular weight excluding hydrogens is 417 g/mol. The Morgan fingerprint density at radius 1 is 0.774 bits per heavy atom. The van der Waals surface area contributed by atoms with Crippen LogP contribution in [0.25, 0.3) is 0 Å². The topological polar surface area (TPSA) is 96.3 Å². The van der Waals surface area contributed by atoms with Crippen LogP contribution in [0.2, 0.25) is 0 Å². The molecule has 3 rings (SSSR count). The van der Waals surface area contributed by atoms with Crippen LogP contribution in [0.5, 0.6) is 11.5 Å². The second-order valence-corrected chi connectivity index (χ2v) is 8.85. The Bertz CT molecular complexity index is 1050. The van der Waals surface area contributed by atoms with E-state index < -0.39 is 17.1 Å². The van der Waals surface area contributed by atoms with Crippen molar-refractivity contribution in [1.82, 2.24) is 4.31 Å². The average molecular weight is 445 g/mol. The summed E-state index contributed by atoms with van der Waals surface area (Å²) < 4.78 is 38.6. The van der Waals surface area contributed by atoms with Gasteiger partial charge in [-0.25, -0.2) is 8.42 Å². The van der Waals surface area contributed by atoms with Gasteiger partial charge >= 0.3 is 7.12 Å². The summed E-state index contributed by atoms with van der Waals surface area (Å²) in [4.78, 5) is 0.0684. The highest BCUT2D eigenvalue weighted by atomic mass is 32.2. The van der Waals surface area contributed by atoms with Gasteiger partial charge in [0.2, 0.25) is 10.0 Å². The smallest absolute Gasteiger partial charge is 0.488 e. The molecule has 166 valence electrons. The summed E-state index contributed by atoms with van der Waals surface area (Å²) in [5.41, 5.74) is 1.83. The average Bonchev–Trinajstić information content (AvgIpc) is 2.79. The van der Waals surface area contributed by atoms with Crippen LogP contribution in [0.1, 0.15) is 14.0 Å². The van der Waals surface area contributed by atoms with E-state index >= 15 is 0 Å². The van der Waals surface area contributed by atoms with Gasteiger partial charge in [-0.15, -0.1) is 0 Å². The lowest BCUT2D eigenvalue weighted by Crippen LogP contribution is -2.32. The lowest BCUT2D eigenvalue weighted by atomic mass is 9.81. The van der Waals surface area contributed by atoms with Gasteiger partial charge in [0.1, 0.15) is 11.5 Å². The van der Waals surface area contributed by atoms with Crippen molar-refractivity contribution in [1.29, 1.82) is 0 Å². The predicted octanol–water partition coefficient (Wildman–Crippen LogP) is 2.27. The van der Waals surface area contributed by atoms with Crippen LogP contribution in [-0.2, 0) is 23.1 Å². The van der Waals surface area contributed by atoms with E-state index in [0.29, 0.717) is 11.5 Å². The second-order valence-electron chi connectivity index (χ2n) is 6.91. The Balaban J connectivity index is 0.00000272. The summed E-state index contributed by atoms with van der Waals surface area (Å²) in [6.45, 7) is 0.311. The molecule has 0 spiro atoms. The zero-order valence-electron chi connectivity index (χ0n) is 17.3. The summed E-state index contributed by atoms with van der Waals surface area (Å²) in [6, 6.07) is 19.9. The van der Waals surface area contributed by atoms with Gasteiger partial charge in [-0.2, -0.15) is 4.31 Å². The van der Waals surface area contributed by atoms with Crippen LogP contribution in [-0.4, -0.2) is 44.1 Å². The monoisotopic (exact) mass is 445 g/mol. The van der Waals surface area contributed by atoms with E-state index in [1.807, 2.05) is 24.3 Å². The molecule has 0 aliphatic heterocycles. The van der Waals surface area contributed by atoms with Gasteiger partial charge in [-0.1, -0.05) is 36.4 Å². The molecule has 0 heterocycles. The molecule has 0 aromatic heterocycles. The summed E-state index contributed by atoms with van der Waals surface area (Å²) in [6.07, 6.45) is 0. The van der Waals surface area contributed by atoms with Crippen molar-refractivity contribution in [3.05, 3.63) is 83.9 Å². The Kier molecular flexibility index (Phi) is 7.35. The molecule has 0 radical (unpaired) electrons. The molecule has 9 heteroatoms. The minimum atomic E-state index is -3.86. The first-order valence-electron chi connectivity index (χ1n) is 9.55. The van der Waals surface area contributed by atoms with Crippen molar-refractivity contribution in [2.24, 2.45) is 0 Å². The van der Waals surface area contributed by atoms with Crippen molar-refractivity contribution in [2.75, 3.05) is 14.2 Å².